The average Bonchev–Trinajstić information content (AvgIpc) is 2.80. The summed E-state index contributed by atoms with van der Waals surface area (Å²) in [5.41, 5.74) is 5.86. The van der Waals surface area contributed by atoms with Crippen LogP contribution in [0.25, 0.3) is 0 Å². The van der Waals surface area contributed by atoms with Gasteiger partial charge in [-0.25, -0.2) is 4.68 Å². The fourth-order valence-electron chi connectivity index (χ4n) is 3.19. The molecule has 8 heteroatoms. The first-order chi connectivity index (χ1) is 9.84. The second-order valence-corrected chi connectivity index (χ2v) is 6.19. The molecule has 1 saturated carbocycles. The molecule has 0 saturated heterocycles. The maximum atomic E-state index is 13.2. The average molecular weight is 303 g/mol. The van der Waals surface area contributed by atoms with Gasteiger partial charge in [0, 0.05) is 18.0 Å². The highest BCUT2D eigenvalue weighted by atomic mass is 19.4. The van der Waals surface area contributed by atoms with Crippen molar-refractivity contribution >= 4 is 5.95 Å². The number of hydrogen-bond donors (Lipinski definition) is 2. The first-order valence-electron chi connectivity index (χ1n) is 7.40. The summed E-state index contributed by atoms with van der Waals surface area (Å²) in [6.07, 6.45) is -0.879. The number of rotatable bonds is 1. The lowest BCUT2D eigenvalue weighted by atomic mass is 9.86. The fourth-order valence-corrected chi connectivity index (χ4v) is 3.19. The highest BCUT2D eigenvalue weighted by Gasteiger charge is 2.46. The molecule has 118 valence electrons. The van der Waals surface area contributed by atoms with Gasteiger partial charge in [0.15, 0.2) is 11.9 Å². The summed E-state index contributed by atoms with van der Waals surface area (Å²) in [5, 5.41) is 7.16. The van der Waals surface area contributed by atoms with Crippen LogP contribution in [0.3, 0.4) is 0 Å². The van der Waals surface area contributed by atoms with Gasteiger partial charge in [0.25, 0.3) is 0 Å². The van der Waals surface area contributed by atoms with E-state index in [2.05, 4.69) is 15.4 Å². The summed E-state index contributed by atoms with van der Waals surface area (Å²) < 4.78 is 40.5. The van der Waals surface area contributed by atoms with Crippen LogP contribution in [-0.4, -0.2) is 33.0 Å². The molecule has 3 N–H and O–H groups in total. The van der Waals surface area contributed by atoms with Crippen LogP contribution in [0, 0.1) is 0 Å². The third-order valence-electron chi connectivity index (χ3n) is 4.41. The highest BCUT2D eigenvalue weighted by molar-refractivity contribution is 5.31. The third-order valence-corrected chi connectivity index (χ3v) is 4.41. The van der Waals surface area contributed by atoms with Crippen LogP contribution in [0.2, 0.25) is 0 Å². The van der Waals surface area contributed by atoms with Crippen LogP contribution in [0.1, 0.15) is 56.8 Å². The monoisotopic (exact) mass is 303 g/mol. The molecule has 0 amide bonds. The Bertz CT molecular complexity index is 504. The van der Waals surface area contributed by atoms with Crippen LogP contribution in [0.15, 0.2) is 0 Å². The predicted octanol–water partition coefficient (Wildman–Crippen LogP) is 2.57. The highest BCUT2D eigenvalue weighted by Crippen LogP contribution is 2.40. The van der Waals surface area contributed by atoms with Crippen molar-refractivity contribution in [2.24, 2.45) is 5.73 Å². The minimum absolute atomic E-state index is 0.0190. The summed E-state index contributed by atoms with van der Waals surface area (Å²) in [5.74, 6) is 0.877. The van der Waals surface area contributed by atoms with E-state index in [1.165, 1.54) is 0 Å². The topological polar surface area (TPSA) is 68.8 Å². The summed E-state index contributed by atoms with van der Waals surface area (Å²) in [7, 11) is 0. The molecule has 1 aliphatic heterocycles. The van der Waals surface area contributed by atoms with Crippen LogP contribution in [0.4, 0.5) is 19.1 Å². The van der Waals surface area contributed by atoms with Crippen LogP contribution in [-0.2, 0) is 0 Å². The summed E-state index contributed by atoms with van der Waals surface area (Å²) in [6, 6.07) is -1.66. The summed E-state index contributed by atoms with van der Waals surface area (Å²) in [4.78, 5) is 4.31. The molecule has 0 spiro atoms. The largest absolute Gasteiger partial charge is 0.411 e. The minimum Gasteiger partial charge on any atom is -0.352 e. The van der Waals surface area contributed by atoms with Gasteiger partial charge in [-0.3, -0.25) is 0 Å². The van der Waals surface area contributed by atoms with Crippen LogP contribution < -0.4 is 11.1 Å². The molecule has 0 bridgehead atoms. The van der Waals surface area contributed by atoms with E-state index in [4.69, 9.17) is 5.73 Å². The maximum Gasteiger partial charge on any atom is 0.411 e. The van der Waals surface area contributed by atoms with E-state index in [-0.39, 0.29) is 30.4 Å². The van der Waals surface area contributed by atoms with Crippen molar-refractivity contribution in [1.29, 1.82) is 0 Å². The van der Waals surface area contributed by atoms with E-state index < -0.39 is 12.2 Å². The van der Waals surface area contributed by atoms with E-state index in [0.717, 1.165) is 30.4 Å². The summed E-state index contributed by atoms with van der Waals surface area (Å²) >= 11 is 0. The molecule has 5 nitrogen and oxygen atoms in total. The number of fused-ring (bicyclic) bond motifs is 1. The van der Waals surface area contributed by atoms with Crippen molar-refractivity contribution in [3.8, 4) is 0 Å². The Kier molecular flexibility index (Phi) is 3.59. The van der Waals surface area contributed by atoms with E-state index >= 15 is 0 Å². The number of nitrogens with zero attached hydrogens (tertiary/aromatic N) is 3. The third kappa shape index (κ3) is 2.86. The zero-order chi connectivity index (χ0) is 15.2. The zero-order valence-electron chi connectivity index (χ0n) is 11.9. The van der Waals surface area contributed by atoms with Gasteiger partial charge in [-0.05, 0) is 39.0 Å². The first kappa shape index (κ1) is 14.6. The Labute approximate surface area is 121 Å². The molecule has 3 rings (SSSR count). The SMILES string of the molecule is CC1CC(C(F)(F)F)n2nc(C3CCC(N)CC3)nc2N1. The van der Waals surface area contributed by atoms with Crippen molar-refractivity contribution < 1.29 is 13.2 Å². The Morgan fingerprint density at radius 1 is 1.24 bits per heavy atom. The predicted molar refractivity (Wildman–Crippen MR) is 72.0 cm³/mol. The summed E-state index contributed by atoms with van der Waals surface area (Å²) in [6.45, 7) is 1.73. The van der Waals surface area contributed by atoms with Crippen molar-refractivity contribution in [3.63, 3.8) is 0 Å². The normalized spacial score (nSPS) is 33.4. The molecule has 1 aliphatic carbocycles. The number of aromatic nitrogens is 3. The smallest absolute Gasteiger partial charge is 0.352 e. The quantitative estimate of drug-likeness (QED) is 0.836. The van der Waals surface area contributed by atoms with Gasteiger partial charge < -0.3 is 11.1 Å². The Morgan fingerprint density at radius 3 is 2.52 bits per heavy atom. The molecule has 2 aliphatic rings. The van der Waals surface area contributed by atoms with Crippen molar-refractivity contribution in [2.45, 2.75) is 69.2 Å². The molecule has 2 atom stereocenters. The zero-order valence-corrected chi connectivity index (χ0v) is 11.9. The molecule has 21 heavy (non-hydrogen) atoms. The number of halogens is 3. The van der Waals surface area contributed by atoms with Gasteiger partial charge in [-0.2, -0.15) is 23.3 Å². The molecule has 0 aromatic carbocycles. The fraction of sp³-hybridized carbons (Fsp3) is 0.846. The van der Waals surface area contributed by atoms with Gasteiger partial charge in [-0.15, -0.1) is 0 Å². The van der Waals surface area contributed by atoms with Crippen molar-refractivity contribution in [3.05, 3.63) is 5.82 Å². The van der Waals surface area contributed by atoms with Gasteiger partial charge in [0.05, 0.1) is 0 Å². The minimum atomic E-state index is -4.30. The van der Waals surface area contributed by atoms with E-state index in [1.54, 1.807) is 6.92 Å². The van der Waals surface area contributed by atoms with E-state index in [9.17, 15) is 13.2 Å². The number of hydrogen-bond acceptors (Lipinski definition) is 4. The number of nitrogens with one attached hydrogen (secondary N) is 1. The molecule has 1 aromatic heterocycles. The van der Waals surface area contributed by atoms with Crippen LogP contribution in [0.5, 0.6) is 0 Å². The lowest BCUT2D eigenvalue weighted by Crippen LogP contribution is -2.38. The molecule has 2 heterocycles. The van der Waals surface area contributed by atoms with E-state index in [1.807, 2.05) is 0 Å². The second kappa shape index (κ2) is 5.15. The van der Waals surface area contributed by atoms with Gasteiger partial charge >= 0.3 is 6.18 Å². The maximum absolute atomic E-state index is 13.2. The Hall–Kier alpha value is -1.31. The van der Waals surface area contributed by atoms with Gasteiger partial charge in [0.1, 0.15) is 0 Å². The molecule has 2 unspecified atom stereocenters. The number of anilines is 1. The molecular formula is C13H20F3N5. The van der Waals surface area contributed by atoms with Gasteiger partial charge in [0.2, 0.25) is 5.95 Å². The van der Waals surface area contributed by atoms with Crippen LogP contribution >= 0.6 is 0 Å². The van der Waals surface area contributed by atoms with E-state index in [0.29, 0.717) is 5.82 Å². The number of alkyl halides is 3. The van der Waals surface area contributed by atoms with Crippen molar-refractivity contribution in [2.75, 3.05) is 5.32 Å². The lowest BCUT2D eigenvalue weighted by Gasteiger charge is -2.30. The van der Waals surface area contributed by atoms with Crippen molar-refractivity contribution in [1.82, 2.24) is 14.8 Å². The molecule has 1 fully saturated rings. The number of nitrogens with two attached hydrogens (primary N) is 1. The Morgan fingerprint density at radius 2 is 1.90 bits per heavy atom. The molecule has 1 aromatic rings. The standard InChI is InChI=1S/C13H20F3N5/c1-7-6-10(13(14,15)16)21-12(18-7)19-11(20-21)8-2-4-9(17)5-3-8/h7-10H,2-6,17H2,1H3,(H,18,19,20). The first-order valence-corrected chi connectivity index (χ1v) is 7.40. The second-order valence-electron chi connectivity index (χ2n) is 6.19. The Balaban J connectivity index is 1.87. The molecule has 0 radical (unpaired) electrons. The molecular weight excluding hydrogens is 283 g/mol. The lowest BCUT2D eigenvalue weighted by molar-refractivity contribution is -0.173. The van der Waals surface area contributed by atoms with Gasteiger partial charge in [-0.1, -0.05) is 0 Å².